The number of benzene rings is 1. The van der Waals surface area contributed by atoms with Gasteiger partial charge in [0.25, 0.3) is 5.69 Å². The number of hydrogen-bond acceptors (Lipinski definition) is 4. The molecule has 2 aliphatic rings. The molecule has 5 heteroatoms. The Morgan fingerprint density at radius 1 is 1.33 bits per heavy atom. The average molecular weight is 321 g/mol. The Bertz CT molecular complexity index is 845. The standard InChI is InChI=1S/C19H19N3O2/c1-11-10-16(22(23)24)19-17(12(11)2)13-6-5-7-14(13)18(21-19)15-8-3-4-9-20-15/h3-6,8-10,13-14,18,21H,7H2,1-2H3/t13-,14-,18+/m0/s1. The van der Waals surface area contributed by atoms with Gasteiger partial charge in [0, 0.05) is 18.2 Å². The van der Waals surface area contributed by atoms with E-state index in [1.165, 1.54) is 0 Å². The van der Waals surface area contributed by atoms with E-state index in [1.54, 1.807) is 12.3 Å². The van der Waals surface area contributed by atoms with Crippen LogP contribution in [0.4, 0.5) is 11.4 Å². The number of nitrogens with one attached hydrogen (secondary N) is 1. The molecule has 1 aliphatic carbocycles. The maximum Gasteiger partial charge on any atom is 0.292 e. The summed E-state index contributed by atoms with van der Waals surface area (Å²) < 4.78 is 0. The Kier molecular flexibility index (Phi) is 3.37. The van der Waals surface area contributed by atoms with Gasteiger partial charge in [-0.25, -0.2) is 0 Å². The molecule has 1 aromatic carbocycles. The first-order valence-electron chi connectivity index (χ1n) is 8.20. The van der Waals surface area contributed by atoms with Crippen molar-refractivity contribution in [3.05, 3.63) is 75.1 Å². The lowest BCUT2D eigenvalue weighted by Gasteiger charge is -2.37. The number of nitro groups is 1. The molecule has 0 saturated carbocycles. The number of aromatic nitrogens is 1. The number of pyridine rings is 1. The van der Waals surface area contributed by atoms with Crippen molar-refractivity contribution in [1.29, 1.82) is 0 Å². The Morgan fingerprint density at radius 2 is 2.17 bits per heavy atom. The Hall–Kier alpha value is -2.69. The van der Waals surface area contributed by atoms with Gasteiger partial charge in [-0.15, -0.1) is 0 Å². The van der Waals surface area contributed by atoms with Crippen LogP contribution in [0.2, 0.25) is 0 Å². The summed E-state index contributed by atoms with van der Waals surface area (Å²) in [6, 6.07) is 7.51. The van der Waals surface area contributed by atoms with Crippen LogP contribution in [0, 0.1) is 29.9 Å². The first kappa shape index (κ1) is 14.9. The molecule has 2 heterocycles. The van der Waals surface area contributed by atoms with Crippen LogP contribution in [0.5, 0.6) is 0 Å². The minimum atomic E-state index is -0.285. The molecule has 1 N–H and O–H groups in total. The van der Waals surface area contributed by atoms with Gasteiger partial charge in [0.2, 0.25) is 0 Å². The van der Waals surface area contributed by atoms with Crippen molar-refractivity contribution in [2.45, 2.75) is 32.2 Å². The van der Waals surface area contributed by atoms with E-state index in [2.05, 4.69) is 29.4 Å². The summed E-state index contributed by atoms with van der Waals surface area (Å²) in [7, 11) is 0. The largest absolute Gasteiger partial charge is 0.371 e. The Labute approximate surface area is 140 Å². The van der Waals surface area contributed by atoms with E-state index in [9.17, 15) is 10.1 Å². The molecule has 0 bridgehead atoms. The lowest BCUT2D eigenvalue weighted by Crippen LogP contribution is -2.31. The summed E-state index contributed by atoms with van der Waals surface area (Å²) in [4.78, 5) is 15.8. The third kappa shape index (κ3) is 2.12. The fourth-order valence-corrected chi connectivity index (χ4v) is 4.08. The second-order valence-corrected chi connectivity index (χ2v) is 6.61. The molecule has 0 radical (unpaired) electrons. The quantitative estimate of drug-likeness (QED) is 0.504. The normalized spacial score (nSPS) is 24.2. The molecule has 24 heavy (non-hydrogen) atoms. The summed E-state index contributed by atoms with van der Waals surface area (Å²) in [6.45, 7) is 4.00. The highest BCUT2D eigenvalue weighted by Crippen LogP contribution is 2.53. The zero-order chi connectivity index (χ0) is 16.8. The monoisotopic (exact) mass is 321 g/mol. The van der Waals surface area contributed by atoms with E-state index in [-0.39, 0.29) is 22.6 Å². The fraction of sp³-hybridized carbons (Fsp3) is 0.316. The number of allylic oxidation sites excluding steroid dienone is 2. The predicted octanol–water partition coefficient (Wildman–Crippen LogP) is 4.43. The molecule has 122 valence electrons. The van der Waals surface area contributed by atoms with Crippen LogP contribution in [0.1, 0.15) is 40.8 Å². The van der Waals surface area contributed by atoms with Crippen LogP contribution >= 0.6 is 0 Å². The highest BCUT2D eigenvalue weighted by atomic mass is 16.6. The minimum absolute atomic E-state index is 0.0143. The zero-order valence-electron chi connectivity index (χ0n) is 13.7. The van der Waals surface area contributed by atoms with Crippen LogP contribution in [0.3, 0.4) is 0 Å². The lowest BCUT2D eigenvalue weighted by molar-refractivity contribution is -0.384. The van der Waals surface area contributed by atoms with Crippen molar-refractivity contribution < 1.29 is 4.92 Å². The first-order chi connectivity index (χ1) is 11.6. The van der Waals surface area contributed by atoms with Crippen LogP contribution in [0.15, 0.2) is 42.6 Å². The van der Waals surface area contributed by atoms with E-state index in [0.29, 0.717) is 11.6 Å². The third-order valence-electron chi connectivity index (χ3n) is 5.35. The van der Waals surface area contributed by atoms with Crippen molar-refractivity contribution in [1.82, 2.24) is 4.98 Å². The number of aryl methyl sites for hydroxylation is 1. The molecular formula is C19H19N3O2. The van der Waals surface area contributed by atoms with Crippen molar-refractivity contribution >= 4 is 11.4 Å². The van der Waals surface area contributed by atoms with E-state index >= 15 is 0 Å². The van der Waals surface area contributed by atoms with Gasteiger partial charge >= 0.3 is 0 Å². The highest BCUT2D eigenvalue weighted by molar-refractivity contribution is 5.74. The van der Waals surface area contributed by atoms with Gasteiger partial charge in [-0.05, 0) is 55.0 Å². The van der Waals surface area contributed by atoms with Gasteiger partial charge in [-0.1, -0.05) is 18.2 Å². The van der Waals surface area contributed by atoms with Gasteiger partial charge in [0.05, 0.1) is 16.7 Å². The number of nitro benzene ring substituents is 1. The molecule has 0 spiro atoms. The van der Waals surface area contributed by atoms with Crippen LogP contribution in [-0.4, -0.2) is 9.91 Å². The van der Waals surface area contributed by atoms with Gasteiger partial charge in [-0.2, -0.15) is 0 Å². The van der Waals surface area contributed by atoms with Crippen LogP contribution in [0.25, 0.3) is 0 Å². The smallest absolute Gasteiger partial charge is 0.292 e. The molecule has 5 nitrogen and oxygen atoms in total. The van der Waals surface area contributed by atoms with Crippen molar-refractivity contribution in [3.8, 4) is 0 Å². The molecule has 0 fully saturated rings. The fourth-order valence-electron chi connectivity index (χ4n) is 4.08. The van der Waals surface area contributed by atoms with Crippen LogP contribution in [-0.2, 0) is 0 Å². The zero-order valence-corrected chi connectivity index (χ0v) is 13.7. The molecule has 3 atom stereocenters. The summed E-state index contributed by atoms with van der Waals surface area (Å²) in [5.41, 5.74) is 4.95. The second-order valence-electron chi connectivity index (χ2n) is 6.61. The number of hydrogen-bond donors (Lipinski definition) is 1. The van der Waals surface area contributed by atoms with Gasteiger partial charge in [-0.3, -0.25) is 15.1 Å². The SMILES string of the molecule is Cc1cc([N+](=O)[O-])c2c(c1C)[C@H]1C=CC[C@@H]1[C@H](c1ccccn1)N2. The molecule has 1 aliphatic heterocycles. The summed E-state index contributed by atoms with van der Waals surface area (Å²) in [5.74, 6) is 0.541. The van der Waals surface area contributed by atoms with Gasteiger partial charge in [0.15, 0.2) is 0 Å². The van der Waals surface area contributed by atoms with Crippen molar-refractivity contribution in [3.63, 3.8) is 0 Å². The minimum Gasteiger partial charge on any atom is -0.371 e. The summed E-state index contributed by atoms with van der Waals surface area (Å²) in [5, 5.41) is 15.1. The summed E-state index contributed by atoms with van der Waals surface area (Å²) >= 11 is 0. The van der Waals surface area contributed by atoms with Crippen LogP contribution < -0.4 is 5.32 Å². The van der Waals surface area contributed by atoms with Crippen molar-refractivity contribution in [2.75, 3.05) is 5.32 Å². The van der Waals surface area contributed by atoms with Gasteiger partial charge in [0.1, 0.15) is 5.69 Å². The molecule has 4 rings (SSSR count). The van der Waals surface area contributed by atoms with E-state index in [0.717, 1.165) is 28.8 Å². The highest BCUT2D eigenvalue weighted by Gasteiger charge is 2.42. The molecule has 1 aromatic heterocycles. The van der Waals surface area contributed by atoms with Gasteiger partial charge < -0.3 is 5.32 Å². The van der Waals surface area contributed by atoms with E-state index < -0.39 is 0 Å². The number of anilines is 1. The molecule has 0 saturated heterocycles. The molecule has 2 aromatic rings. The Balaban J connectivity index is 1.92. The number of nitrogens with zero attached hydrogens (tertiary/aromatic N) is 2. The third-order valence-corrected chi connectivity index (χ3v) is 5.35. The average Bonchev–Trinajstić information content (AvgIpc) is 3.07. The first-order valence-corrected chi connectivity index (χ1v) is 8.20. The maximum absolute atomic E-state index is 11.6. The van der Waals surface area contributed by atoms with E-state index in [4.69, 9.17) is 0 Å². The van der Waals surface area contributed by atoms with E-state index in [1.807, 2.05) is 25.1 Å². The predicted molar refractivity (Wildman–Crippen MR) is 93.2 cm³/mol. The second kappa shape index (κ2) is 5.44. The lowest BCUT2D eigenvalue weighted by atomic mass is 9.75. The topological polar surface area (TPSA) is 68.1 Å². The van der Waals surface area contributed by atoms with Crippen molar-refractivity contribution in [2.24, 2.45) is 5.92 Å². The maximum atomic E-state index is 11.6. The Morgan fingerprint density at radius 3 is 2.88 bits per heavy atom. The molecule has 0 unspecified atom stereocenters. The number of rotatable bonds is 2. The number of fused-ring (bicyclic) bond motifs is 3. The molecular weight excluding hydrogens is 302 g/mol. The summed E-state index contributed by atoms with van der Waals surface area (Å²) in [6.07, 6.45) is 7.13. The molecule has 0 amide bonds.